The molecule has 1 aromatic heterocycles. The van der Waals surface area contributed by atoms with Gasteiger partial charge in [0, 0.05) is 19.8 Å². The fourth-order valence-electron chi connectivity index (χ4n) is 1.21. The molecule has 1 rings (SSSR count). The molecular formula is C11H17N3O. The Bertz CT molecular complexity index is 335. The van der Waals surface area contributed by atoms with E-state index in [0.29, 0.717) is 6.54 Å². The van der Waals surface area contributed by atoms with Crippen molar-refractivity contribution >= 4 is 11.6 Å². The van der Waals surface area contributed by atoms with Crippen molar-refractivity contribution in [3.8, 4) is 0 Å². The Morgan fingerprint density at radius 3 is 2.73 bits per heavy atom. The van der Waals surface area contributed by atoms with Crippen molar-refractivity contribution in [1.82, 2.24) is 4.98 Å². The van der Waals surface area contributed by atoms with Crippen molar-refractivity contribution in [1.29, 1.82) is 0 Å². The zero-order valence-electron chi connectivity index (χ0n) is 9.40. The minimum atomic E-state index is -0.537. The standard InChI is InChI=1S/C11H17N3O/c1-11(2,8-12)10(15)14(3)9-5-4-6-13-7-9/h4-7H,8,12H2,1-3H3. The summed E-state index contributed by atoms with van der Waals surface area (Å²) < 4.78 is 0. The normalized spacial score (nSPS) is 11.2. The number of aromatic nitrogens is 1. The maximum atomic E-state index is 12.0. The molecule has 0 fully saturated rings. The van der Waals surface area contributed by atoms with Gasteiger partial charge in [-0.2, -0.15) is 0 Å². The van der Waals surface area contributed by atoms with Crippen LogP contribution in [0.1, 0.15) is 13.8 Å². The minimum Gasteiger partial charge on any atom is -0.329 e. The first kappa shape index (κ1) is 11.7. The number of carbonyl (C=O) groups excluding carboxylic acids is 1. The Morgan fingerprint density at radius 2 is 2.27 bits per heavy atom. The largest absolute Gasteiger partial charge is 0.329 e. The zero-order chi connectivity index (χ0) is 11.5. The monoisotopic (exact) mass is 207 g/mol. The molecule has 4 nitrogen and oxygen atoms in total. The second-order valence-electron chi connectivity index (χ2n) is 4.16. The highest BCUT2D eigenvalue weighted by atomic mass is 16.2. The van der Waals surface area contributed by atoms with Gasteiger partial charge in [0.2, 0.25) is 5.91 Å². The van der Waals surface area contributed by atoms with Crippen molar-refractivity contribution in [3.63, 3.8) is 0 Å². The van der Waals surface area contributed by atoms with Gasteiger partial charge in [0.1, 0.15) is 0 Å². The van der Waals surface area contributed by atoms with Gasteiger partial charge in [-0.15, -0.1) is 0 Å². The third-order valence-electron chi connectivity index (χ3n) is 2.43. The summed E-state index contributed by atoms with van der Waals surface area (Å²) in [6.45, 7) is 4.00. The molecule has 0 atom stereocenters. The average molecular weight is 207 g/mol. The number of rotatable bonds is 3. The maximum absolute atomic E-state index is 12.0. The van der Waals surface area contributed by atoms with E-state index >= 15 is 0 Å². The van der Waals surface area contributed by atoms with Crippen molar-refractivity contribution < 1.29 is 4.79 Å². The molecule has 1 amide bonds. The average Bonchev–Trinajstić information content (AvgIpc) is 2.28. The highest BCUT2D eigenvalue weighted by Gasteiger charge is 2.29. The summed E-state index contributed by atoms with van der Waals surface area (Å²) in [5.74, 6) is -0.00185. The van der Waals surface area contributed by atoms with E-state index in [1.54, 1.807) is 30.4 Å². The summed E-state index contributed by atoms with van der Waals surface area (Å²) >= 11 is 0. The summed E-state index contributed by atoms with van der Waals surface area (Å²) in [7, 11) is 1.73. The van der Waals surface area contributed by atoms with Crippen LogP contribution in [0.3, 0.4) is 0 Å². The number of anilines is 1. The van der Waals surface area contributed by atoms with Crippen LogP contribution in [0.4, 0.5) is 5.69 Å². The molecule has 1 aromatic rings. The van der Waals surface area contributed by atoms with Gasteiger partial charge in [0.05, 0.1) is 17.3 Å². The number of hydrogen-bond acceptors (Lipinski definition) is 3. The first-order chi connectivity index (χ1) is 6.99. The van der Waals surface area contributed by atoms with Crippen LogP contribution >= 0.6 is 0 Å². The molecule has 4 heteroatoms. The fraction of sp³-hybridized carbons (Fsp3) is 0.455. The first-order valence-electron chi connectivity index (χ1n) is 4.87. The highest BCUT2D eigenvalue weighted by Crippen LogP contribution is 2.20. The van der Waals surface area contributed by atoms with Gasteiger partial charge in [0.25, 0.3) is 0 Å². The van der Waals surface area contributed by atoms with E-state index in [1.807, 2.05) is 19.9 Å². The second-order valence-corrected chi connectivity index (χ2v) is 4.16. The predicted octanol–water partition coefficient (Wildman–Crippen LogP) is 1.03. The Morgan fingerprint density at radius 1 is 1.60 bits per heavy atom. The van der Waals surface area contributed by atoms with Crippen molar-refractivity contribution in [2.45, 2.75) is 13.8 Å². The van der Waals surface area contributed by atoms with Gasteiger partial charge in [-0.05, 0) is 26.0 Å². The van der Waals surface area contributed by atoms with Crippen LogP contribution < -0.4 is 10.6 Å². The molecular weight excluding hydrogens is 190 g/mol. The van der Waals surface area contributed by atoms with E-state index in [2.05, 4.69) is 4.98 Å². The molecule has 0 aliphatic carbocycles. The summed E-state index contributed by atoms with van der Waals surface area (Å²) in [6.07, 6.45) is 3.33. The van der Waals surface area contributed by atoms with E-state index in [1.165, 1.54) is 0 Å². The van der Waals surface area contributed by atoms with Crippen molar-refractivity contribution in [2.24, 2.45) is 11.1 Å². The zero-order valence-corrected chi connectivity index (χ0v) is 9.40. The molecule has 0 saturated heterocycles. The van der Waals surface area contributed by atoms with Crippen molar-refractivity contribution in [3.05, 3.63) is 24.5 Å². The lowest BCUT2D eigenvalue weighted by molar-refractivity contribution is -0.125. The lowest BCUT2D eigenvalue weighted by Crippen LogP contribution is -2.42. The molecule has 0 unspecified atom stereocenters. The third-order valence-corrected chi connectivity index (χ3v) is 2.43. The van der Waals surface area contributed by atoms with Gasteiger partial charge < -0.3 is 10.6 Å². The topological polar surface area (TPSA) is 59.2 Å². The Hall–Kier alpha value is -1.42. The lowest BCUT2D eigenvalue weighted by atomic mass is 9.92. The predicted molar refractivity (Wildman–Crippen MR) is 60.5 cm³/mol. The fourth-order valence-corrected chi connectivity index (χ4v) is 1.21. The number of nitrogens with zero attached hydrogens (tertiary/aromatic N) is 2. The number of pyridine rings is 1. The van der Waals surface area contributed by atoms with Gasteiger partial charge >= 0.3 is 0 Å². The summed E-state index contributed by atoms with van der Waals surface area (Å²) in [5.41, 5.74) is 5.80. The Labute approximate surface area is 90.1 Å². The van der Waals surface area contributed by atoms with Gasteiger partial charge in [-0.3, -0.25) is 9.78 Å². The SMILES string of the molecule is CN(C(=O)C(C)(C)CN)c1cccnc1. The third kappa shape index (κ3) is 2.53. The first-order valence-corrected chi connectivity index (χ1v) is 4.87. The van der Waals surface area contributed by atoms with Crippen LogP contribution in [-0.2, 0) is 4.79 Å². The highest BCUT2D eigenvalue weighted by molar-refractivity contribution is 5.96. The molecule has 0 aliphatic rings. The van der Waals surface area contributed by atoms with Gasteiger partial charge in [0.15, 0.2) is 0 Å². The number of carbonyl (C=O) groups is 1. The van der Waals surface area contributed by atoms with E-state index in [0.717, 1.165) is 5.69 Å². The van der Waals surface area contributed by atoms with Crippen LogP contribution in [0.15, 0.2) is 24.5 Å². The van der Waals surface area contributed by atoms with E-state index in [4.69, 9.17) is 5.73 Å². The Kier molecular flexibility index (Phi) is 3.42. The minimum absolute atomic E-state index is 0.00185. The Balaban J connectivity index is 2.87. The summed E-state index contributed by atoms with van der Waals surface area (Å²) in [4.78, 5) is 17.6. The van der Waals surface area contributed by atoms with E-state index in [-0.39, 0.29) is 5.91 Å². The summed E-state index contributed by atoms with van der Waals surface area (Å²) in [5, 5.41) is 0. The van der Waals surface area contributed by atoms with Crippen LogP contribution in [0.2, 0.25) is 0 Å². The van der Waals surface area contributed by atoms with Gasteiger partial charge in [-0.1, -0.05) is 0 Å². The summed E-state index contributed by atoms with van der Waals surface area (Å²) in [6, 6.07) is 3.64. The molecule has 0 spiro atoms. The second kappa shape index (κ2) is 4.40. The van der Waals surface area contributed by atoms with E-state index in [9.17, 15) is 4.79 Å². The smallest absolute Gasteiger partial charge is 0.233 e. The molecule has 2 N–H and O–H groups in total. The molecule has 82 valence electrons. The molecule has 1 heterocycles. The van der Waals surface area contributed by atoms with Crippen molar-refractivity contribution in [2.75, 3.05) is 18.5 Å². The lowest BCUT2D eigenvalue weighted by Gasteiger charge is -2.27. The number of nitrogens with two attached hydrogens (primary N) is 1. The molecule has 15 heavy (non-hydrogen) atoms. The van der Waals surface area contributed by atoms with Gasteiger partial charge in [-0.25, -0.2) is 0 Å². The molecule has 0 radical (unpaired) electrons. The quantitative estimate of drug-likeness (QED) is 0.805. The van der Waals surface area contributed by atoms with Crippen LogP contribution in [0.25, 0.3) is 0 Å². The van der Waals surface area contributed by atoms with Crippen LogP contribution in [0, 0.1) is 5.41 Å². The van der Waals surface area contributed by atoms with Crippen LogP contribution in [0.5, 0.6) is 0 Å². The molecule has 0 saturated carbocycles. The molecule has 0 bridgehead atoms. The number of hydrogen-bond donors (Lipinski definition) is 1. The van der Waals surface area contributed by atoms with Crippen LogP contribution in [-0.4, -0.2) is 24.5 Å². The van der Waals surface area contributed by atoms with E-state index < -0.39 is 5.41 Å². The number of amides is 1. The molecule has 0 aromatic carbocycles. The maximum Gasteiger partial charge on any atom is 0.233 e. The molecule has 0 aliphatic heterocycles.